The lowest BCUT2D eigenvalue weighted by Gasteiger charge is -1.73. The van der Waals surface area contributed by atoms with E-state index in [-0.39, 0.29) is 6.99 Å². The fourth-order valence-electron chi connectivity index (χ4n) is 0.377. The number of rotatable bonds is 0. The van der Waals surface area contributed by atoms with Gasteiger partial charge in [-0.05, 0) is 6.07 Å². The Kier molecular flexibility index (Phi) is 4.50. The predicted octanol–water partition coefficient (Wildman–Crippen LogP) is 1.65. The quantitative estimate of drug-likeness (QED) is 0.564. The van der Waals surface area contributed by atoms with Crippen LogP contribution in [0.5, 0.6) is 0 Å². The summed E-state index contributed by atoms with van der Waals surface area (Å²) in [5.41, 5.74) is -0.0532. The van der Waals surface area contributed by atoms with E-state index in [9.17, 15) is 4.79 Å². The number of H-pyrrole nitrogens is 1. The molecule has 0 saturated heterocycles. The SMILES string of the molecule is CC.O=c1cccc[nH]1.[HH]. The maximum atomic E-state index is 10.2. The van der Waals surface area contributed by atoms with E-state index >= 15 is 0 Å². The maximum absolute atomic E-state index is 10.2. The van der Waals surface area contributed by atoms with Gasteiger partial charge in [0.25, 0.3) is 0 Å². The van der Waals surface area contributed by atoms with Crippen molar-refractivity contribution < 1.29 is 1.43 Å². The highest BCUT2D eigenvalue weighted by Crippen LogP contribution is 1.67. The molecular formula is C7H13NO. The smallest absolute Gasteiger partial charge is 0.247 e. The number of nitrogens with one attached hydrogen (secondary N) is 1. The molecule has 0 spiro atoms. The van der Waals surface area contributed by atoms with E-state index in [0.717, 1.165) is 0 Å². The van der Waals surface area contributed by atoms with Crippen LogP contribution in [-0.4, -0.2) is 4.98 Å². The second-order valence-corrected chi connectivity index (χ2v) is 1.23. The fourth-order valence-corrected chi connectivity index (χ4v) is 0.377. The zero-order valence-electron chi connectivity index (χ0n) is 5.72. The third kappa shape index (κ3) is 3.53. The summed E-state index contributed by atoms with van der Waals surface area (Å²) in [7, 11) is 0. The Balaban J connectivity index is 0. The summed E-state index contributed by atoms with van der Waals surface area (Å²) in [6, 6.07) is 4.93. The molecule has 1 aromatic rings. The number of aromatic nitrogens is 1. The van der Waals surface area contributed by atoms with Crippen LogP contribution in [0.1, 0.15) is 15.3 Å². The van der Waals surface area contributed by atoms with Crippen LogP contribution in [0, 0.1) is 0 Å². The molecule has 2 heteroatoms. The van der Waals surface area contributed by atoms with Gasteiger partial charge < -0.3 is 4.98 Å². The molecule has 1 N–H and O–H groups in total. The summed E-state index contributed by atoms with van der Waals surface area (Å²) in [5.74, 6) is 0. The Bertz CT molecular complexity index is 179. The van der Waals surface area contributed by atoms with Crippen molar-refractivity contribution in [3.05, 3.63) is 34.7 Å². The molecule has 0 bridgehead atoms. The summed E-state index contributed by atoms with van der Waals surface area (Å²) in [4.78, 5) is 12.7. The molecule has 1 rings (SSSR count). The van der Waals surface area contributed by atoms with Crippen molar-refractivity contribution >= 4 is 0 Å². The van der Waals surface area contributed by atoms with E-state index in [1.165, 1.54) is 6.07 Å². The van der Waals surface area contributed by atoms with Crippen molar-refractivity contribution in [1.82, 2.24) is 4.98 Å². The van der Waals surface area contributed by atoms with Crippen LogP contribution in [0.2, 0.25) is 0 Å². The summed E-state index contributed by atoms with van der Waals surface area (Å²) in [6.07, 6.45) is 1.60. The van der Waals surface area contributed by atoms with Crippen LogP contribution >= 0.6 is 0 Å². The molecule has 0 aliphatic carbocycles. The van der Waals surface area contributed by atoms with Gasteiger partial charge in [0, 0.05) is 13.7 Å². The maximum Gasteiger partial charge on any atom is 0.247 e. The standard InChI is InChI=1S/C5H5NO.C2H6.H2/c7-5-3-1-2-4-6-5;1-2;/h1-4H,(H,6,7);1-2H3;1H. The highest BCUT2D eigenvalue weighted by Gasteiger charge is 1.69. The van der Waals surface area contributed by atoms with Crippen molar-refractivity contribution in [2.24, 2.45) is 0 Å². The number of hydrogen-bond acceptors (Lipinski definition) is 1. The summed E-state index contributed by atoms with van der Waals surface area (Å²) >= 11 is 0. The third-order valence-corrected chi connectivity index (χ3v) is 0.681. The van der Waals surface area contributed by atoms with Gasteiger partial charge in [0.15, 0.2) is 0 Å². The van der Waals surface area contributed by atoms with Crippen LogP contribution in [0.4, 0.5) is 0 Å². The minimum atomic E-state index is -0.0532. The molecule has 1 aromatic heterocycles. The van der Waals surface area contributed by atoms with Gasteiger partial charge in [0.2, 0.25) is 5.56 Å². The average molecular weight is 127 g/mol. The lowest BCUT2D eigenvalue weighted by molar-refractivity contribution is 1.24. The van der Waals surface area contributed by atoms with E-state index in [4.69, 9.17) is 0 Å². The summed E-state index contributed by atoms with van der Waals surface area (Å²) < 4.78 is 0. The topological polar surface area (TPSA) is 32.9 Å². The summed E-state index contributed by atoms with van der Waals surface area (Å²) in [6.45, 7) is 4.00. The van der Waals surface area contributed by atoms with E-state index in [0.29, 0.717) is 0 Å². The van der Waals surface area contributed by atoms with Crippen molar-refractivity contribution in [3.63, 3.8) is 0 Å². The van der Waals surface area contributed by atoms with Crippen LogP contribution < -0.4 is 5.56 Å². The molecule has 0 saturated carbocycles. The molecule has 2 nitrogen and oxygen atoms in total. The van der Waals surface area contributed by atoms with E-state index < -0.39 is 0 Å². The highest BCUT2D eigenvalue weighted by atomic mass is 16.1. The number of pyridine rings is 1. The molecule has 0 aliphatic rings. The Hall–Kier alpha value is -1.05. The lowest BCUT2D eigenvalue weighted by Crippen LogP contribution is -1.98. The van der Waals surface area contributed by atoms with Crippen LogP contribution in [0.25, 0.3) is 0 Å². The van der Waals surface area contributed by atoms with E-state index in [1.807, 2.05) is 13.8 Å². The average Bonchev–Trinajstić information content (AvgIpc) is 1.94. The molecule has 0 unspecified atom stereocenters. The normalized spacial score (nSPS) is 7.33. The lowest BCUT2D eigenvalue weighted by atomic mass is 10.5. The minimum absolute atomic E-state index is 0. The Morgan fingerprint density at radius 1 is 1.44 bits per heavy atom. The monoisotopic (exact) mass is 127 g/mol. The molecule has 0 fully saturated rings. The fraction of sp³-hybridized carbons (Fsp3) is 0.286. The molecule has 52 valence electrons. The largest absolute Gasteiger partial charge is 0.329 e. The molecule has 0 amide bonds. The summed E-state index contributed by atoms with van der Waals surface area (Å²) in [5, 5.41) is 0. The van der Waals surface area contributed by atoms with E-state index in [1.54, 1.807) is 18.3 Å². The Morgan fingerprint density at radius 2 is 2.11 bits per heavy atom. The molecule has 0 radical (unpaired) electrons. The van der Waals surface area contributed by atoms with Crippen molar-refractivity contribution in [1.29, 1.82) is 0 Å². The predicted molar refractivity (Wildman–Crippen MR) is 40.5 cm³/mol. The Morgan fingerprint density at radius 3 is 2.33 bits per heavy atom. The zero-order chi connectivity index (χ0) is 7.11. The van der Waals surface area contributed by atoms with Gasteiger partial charge in [-0.1, -0.05) is 19.9 Å². The first kappa shape index (κ1) is 7.95. The van der Waals surface area contributed by atoms with Crippen molar-refractivity contribution in [3.8, 4) is 0 Å². The van der Waals surface area contributed by atoms with E-state index in [2.05, 4.69) is 4.98 Å². The minimum Gasteiger partial charge on any atom is -0.329 e. The van der Waals surface area contributed by atoms with Crippen LogP contribution in [0.15, 0.2) is 29.2 Å². The molecule has 0 aromatic carbocycles. The second kappa shape index (κ2) is 5.09. The van der Waals surface area contributed by atoms with Gasteiger partial charge in [-0.3, -0.25) is 4.79 Å². The van der Waals surface area contributed by atoms with Gasteiger partial charge in [0.05, 0.1) is 0 Å². The van der Waals surface area contributed by atoms with Gasteiger partial charge in [0.1, 0.15) is 0 Å². The molecular weight excluding hydrogens is 114 g/mol. The first-order chi connectivity index (χ1) is 4.39. The second-order valence-electron chi connectivity index (χ2n) is 1.23. The van der Waals surface area contributed by atoms with Gasteiger partial charge in [-0.2, -0.15) is 0 Å². The van der Waals surface area contributed by atoms with Crippen molar-refractivity contribution in [2.75, 3.05) is 0 Å². The first-order valence-electron chi connectivity index (χ1n) is 3.03. The molecule has 1 heterocycles. The highest BCUT2D eigenvalue weighted by molar-refractivity contribution is 4.89. The number of hydrogen-bond donors (Lipinski definition) is 1. The Labute approximate surface area is 56.0 Å². The molecule has 9 heavy (non-hydrogen) atoms. The number of aromatic amines is 1. The third-order valence-electron chi connectivity index (χ3n) is 0.681. The molecule has 0 atom stereocenters. The van der Waals surface area contributed by atoms with Gasteiger partial charge in [-0.25, -0.2) is 0 Å². The zero-order valence-corrected chi connectivity index (χ0v) is 5.72. The van der Waals surface area contributed by atoms with Crippen molar-refractivity contribution in [2.45, 2.75) is 13.8 Å². The van der Waals surface area contributed by atoms with Crippen LogP contribution in [-0.2, 0) is 0 Å². The van der Waals surface area contributed by atoms with Gasteiger partial charge >= 0.3 is 0 Å². The molecule has 0 aliphatic heterocycles. The van der Waals surface area contributed by atoms with Crippen LogP contribution in [0.3, 0.4) is 0 Å². The van der Waals surface area contributed by atoms with Gasteiger partial charge in [-0.15, -0.1) is 0 Å². The first-order valence-corrected chi connectivity index (χ1v) is 3.03.